The topological polar surface area (TPSA) is 107 Å². The molecule has 126 valence electrons. The highest BCUT2D eigenvalue weighted by molar-refractivity contribution is 6.04. The maximum absolute atomic E-state index is 12.4. The van der Waals surface area contributed by atoms with Crippen LogP contribution >= 0.6 is 0 Å². The van der Waals surface area contributed by atoms with Gasteiger partial charge in [-0.05, 0) is 18.4 Å². The smallest absolute Gasteiger partial charge is 0.361 e. The number of anilines is 2. The van der Waals surface area contributed by atoms with Crippen molar-refractivity contribution in [2.75, 3.05) is 11.1 Å². The van der Waals surface area contributed by atoms with Gasteiger partial charge >= 0.3 is 5.97 Å². The Kier molecular flexibility index (Phi) is 4.56. The van der Waals surface area contributed by atoms with Crippen LogP contribution in [0.15, 0.2) is 54.9 Å². The fourth-order valence-corrected chi connectivity index (χ4v) is 2.34. The van der Waals surface area contributed by atoms with E-state index in [1.807, 2.05) is 36.4 Å². The highest BCUT2D eigenvalue weighted by Crippen LogP contribution is 2.23. The predicted molar refractivity (Wildman–Crippen MR) is 93.9 cm³/mol. The number of esters is 1. The molecule has 3 rings (SSSR count). The maximum atomic E-state index is 12.4. The van der Waals surface area contributed by atoms with Gasteiger partial charge in [0.15, 0.2) is 17.6 Å². The molecule has 3 aromatic rings. The third-order valence-electron chi connectivity index (χ3n) is 3.62. The molecule has 0 bridgehead atoms. The molecule has 2 aromatic carbocycles. The first-order valence-corrected chi connectivity index (χ1v) is 7.62. The summed E-state index contributed by atoms with van der Waals surface area (Å²) in [7, 11) is 0. The lowest BCUT2D eigenvalue weighted by Gasteiger charge is -2.14. The normalized spacial score (nSPS) is 11.7. The molecule has 0 aliphatic heterocycles. The van der Waals surface area contributed by atoms with Gasteiger partial charge in [-0.3, -0.25) is 4.79 Å². The summed E-state index contributed by atoms with van der Waals surface area (Å²) in [5.41, 5.74) is 6.11. The van der Waals surface area contributed by atoms with E-state index < -0.39 is 18.0 Å². The van der Waals surface area contributed by atoms with Crippen LogP contribution in [0.2, 0.25) is 0 Å². The minimum absolute atomic E-state index is 0.0471. The summed E-state index contributed by atoms with van der Waals surface area (Å²) in [4.78, 5) is 32.0. The number of nitrogens with two attached hydrogens (primary N) is 1. The summed E-state index contributed by atoms with van der Waals surface area (Å²) in [6.45, 7) is 1.48. The van der Waals surface area contributed by atoms with Crippen molar-refractivity contribution in [2.45, 2.75) is 13.0 Å². The molecule has 1 aromatic heterocycles. The zero-order valence-corrected chi connectivity index (χ0v) is 13.5. The Morgan fingerprint density at radius 1 is 1.08 bits per heavy atom. The van der Waals surface area contributed by atoms with Gasteiger partial charge in [-0.2, -0.15) is 0 Å². The second-order valence-electron chi connectivity index (χ2n) is 5.35. The van der Waals surface area contributed by atoms with Crippen LogP contribution in [0.4, 0.5) is 11.5 Å². The van der Waals surface area contributed by atoms with E-state index in [1.165, 1.54) is 19.3 Å². The molecule has 0 aliphatic rings. The Labute approximate surface area is 143 Å². The number of aromatic nitrogens is 2. The summed E-state index contributed by atoms with van der Waals surface area (Å²) in [6.07, 6.45) is 1.67. The Morgan fingerprint density at radius 3 is 2.60 bits per heavy atom. The Balaban J connectivity index is 1.72. The van der Waals surface area contributed by atoms with Gasteiger partial charge in [-0.25, -0.2) is 14.8 Å². The fraction of sp³-hybridized carbons (Fsp3) is 0.111. The molecule has 0 saturated heterocycles. The van der Waals surface area contributed by atoms with E-state index in [9.17, 15) is 9.59 Å². The SMILES string of the molecule is C[C@H](OC(=O)c1nccnc1N)C(=O)Nc1cccc2ccccc12. The molecule has 0 spiro atoms. The second kappa shape index (κ2) is 6.96. The van der Waals surface area contributed by atoms with Gasteiger partial charge in [0, 0.05) is 23.5 Å². The van der Waals surface area contributed by atoms with E-state index >= 15 is 0 Å². The van der Waals surface area contributed by atoms with Crippen molar-refractivity contribution in [1.29, 1.82) is 0 Å². The molecule has 0 unspecified atom stereocenters. The molecule has 3 N–H and O–H groups in total. The van der Waals surface area contributed by atoms with Crippen LogP contribution < -0.4 is 11.1 Å². The van der Waals surface area contributed by atoms with Gasteiger partial charge in [0.1, 0.15) is 0 Å². The van der Waals surface area contributed by atoms with Gasteiger partial charge in [-0.15, -0.1) is 0 Å². The Bertz CT molecular complexity index is 937. The number of fused-ring (bicyclic) bond motifs is 1. The van der Waals surface area contributed by atoms with E-state index in [2.05, 4.69) is 15.3 Å². The maximum Gasteiger partial charge on any atom is 0.361 e. The number of nitrogens with zero attached hydrogens (tertiary/aromatic N) is 2. The Hall–Kier alpha value is -3.48. The van der Waals surface area contributed by atoms with Crippen LogP contribution in [0.1, 0.15) is 17.4 Å². The molecular formula is C18H16N4O3. The van der Waals surface area contributed by atoms with E-state index in [0.717, 1.165) is 10.8 Å². The van der Waals surface area contributed by atoms with Crippen molar-refractivity contribution in [3.05, 3.63) is 60.6 Å². The molecule has 1 atom stereocenters. The van der Waals surface area contributed by atoms with Gasteiger partial charge in [-0.1, -0.05) is 36.4 Å². The molecule has 1 amide bonds. The fourth-order valence-electron chi connectivity index (χ4n) is 2.34. The number of carbonyl (C=O) groups excluding carboxylic acids is 2. The van der Waals surface area contributed by atoms with E-state index in [4.69, 9.17) is 10.5 Å². The van der Waals surface area contributed by atoms with Crippen LogP contribution in [0.5, 0.6) is 0 Å². The first-order valence-electron chi connectivity index (χ1n) is 7.62. The summed E-state index contributed by atoms with van der Waals surface area (Å²) in [5.74, 6) is -1.30. The van der Waals surface area contributed by atoms with Crippen molar-refractivity contribution in [2.24, 2.45) is 0 Å². The summed E-state index contributed by atoms with van der Waals surface area (Å²) in [6, 6.07) is 13.2. The van der Waals surface area contributed by atoms with Crippen molar-refractivity contribution >= 4 is 34.2 Å². The zero-order valence-electron chi connectivity index (χ0n) is 13.5. The number of ether oxygens (including phenoxy) is 1. The summed E-state index contributed by atoms with van der Waals surface area (Å²) in [5, 5.41) is 4.67. The number of rotatable bonds is 4. The third-order valence-corrected chi connectivity index (χ3v) is 3.62. The number of hydrogen-bond acceptors (Lipinski definition) is 6. The van der Waals surface area contributed by atoms with Crippen LogP contribution in [-0.4, -0.2) is 27.9 Å². The number of nitrogen functional groups attached to an aromatic ring is 1. The molecule has 25 heavy (non-hydrogen) atoms. The van der Waals surface area contributed by atoms with Crippen LogP contribution in [0.3, 0.4) is 0 Å². The average molecular weight is 336 g/mol. The minimum Gasteiger partial charge on any atom is -0.448 e. The van der Waals surface area contributed by atoms with Crippen LogP contribution in [-0.2, 0) is 9.53 Å². The molecule has 0 aliphatic carbocycles. The number of carbonyl (C=O) groups is 2. The quantitative estimate of drug-likeness (QED) is 0.708. The molecule has 7 heteroatoms. The van der Waals surface area contributed by atoms with Crippen LogP contribution in [0.25, 0.3) is 10.8 Å². The predicted octanol–water partition coefficient (Wildman–Crippen LogP) is 2.40. The van der Waals surface area contributed by atoms with Crippen molar-refractivity contribution < 1.29 is 14.3 Å². The van der Waals surface area contributed by atoms with Crippen molar-refractivity contribution in [1.82, 2.24) is 9.97 Å². The summed E-state index contributed by atoms with van der Waals surface area (Å²) >= 11 is 0. The highest BCUT2D eigenvalue weighted by Gasteiger charge is 2.22. The lowest BCUT2D eigenvalue weighted by atomic mass is 10.1. The first-order chi connectivity index (χ1) is 12.1. The molecule has 7 nitrogen and oxygen atoms in total. The van der Waals surface area contributed by atoms with E-state index in [0.29, 0.717) is 5.69 Å². The summed E-state index contributed by atoms with van der Waals surface area (Å²) < 4.78 is 5.13. The molecular weight excluding hydrogens is 320 g/mol. The molecule has 0 fully saturated rings. The molecule has 1 heterocycles. The van der Waals surface area contributed by atoms with E-state index in [-0.39, 0.29) is 11.5 Å². The van der Waals surface area contributed by atoms with Crippen molar-refractivity contribution in [3.8, 4) is 0 Å². The number of amides is 1. The number of hydrogen-bond donors (Lipinski definition) is 2. The van der Waals surface area contributed by atoms with Gasteiger partial charge in [0.25, 0.3) is 5.91 Å². The first kappa shape index (κ1) is 16.4. The average Bonchev–Trinajstić information content (AvgIpc) is 2.62. The largest absolute Gasteiger partial charge is 0.448 e. The minimum atomic E-state index is -1.02. The van der Waals surface area contributed by atoms with Crippen molar-refractivity contribution in [3.63, 3.8) is 0 Å². The van der Waals surface area contributed by atoms with Gasteiger partial charge in [0.05, 0.1) is 0 Å². The van der Waals surface area contributed by atoms with Gasteiger partial charge in [0.2, 0.25) is 0 Å². The van der Waals surface area contributed by atoms with Gasteiger partial charge < -0.3 is 15.8 Å². The highest BCUT2D eigenvalue weighted by atomic mass is 16.5. The van der Waals surface area contributed by atoms with Crippen LogP contribution in [0, 0.1) is 0 Å². The monoisotopic (exact) mass is 336 g/mol. The lowest BCUT2D eigenvalue weighted by Crippen LogP contribution is -2.30. The third kappa shape index (κ3) is 3.55. The zero-order chi connectivity index (χ0) is 17.8. The Morgan fingerprint density at radius 2 is 1.80 bits per heavy atom. The number of benzene rings is 2. The van der Waals surface area contributed by atoms with E-state index in [1.54, 1.807) is 6.07 Å². The lowest BCUT2D eigenvalue weighted by molar-refractivity contribution is -0.123. The molecule has 0 radical (unpaired) electrons. The number of nitrogens with one attached hydrogen (secondary N) is 1. The standard InChI is InChI=1S/C18H16N4O3/c1-11(25-18(24)15-16(19)21-10-9-20-15)17(23)22-14-8-4-6-12-5-2-3-7-13(12)14/h2-11H,1H3,(H2,19,21)(H,22,23)/t11-/m0/s1. The second-order valence-corrected chi connectivity index (χ2v) is 5.35. The molecule has 0 saturated carbocycles.